The quantitative estimate of drug-likeness (QED) is 0.370. The SMILES string of the molecule is C[Si](C)(C)CCOC(Br)c1cc2c(=O)[nH]ncc2n1COCc1ccccc1. The van der Waals surface area contributed by atoms with Gasteiger partial charge in [0.05, 0.1) is 29.4 Å². The van der Waals surface area contributed by atoms with Crippen LogP contribution in [0, 0.1) is 0 Å². The van der Waals surface area contributed by atoms with Crippen LogP contribution in [0.3, 0.4) is 0 Å². The number of H-pyrrole nitrogens is 1. The summed E-state index contributed by atoms with van der Waals surface area (Å²) in [6.07, 6.45) is 1.65. The van der Waals surface area contributed by atoms with Gasteiger partial charge in [0.25, 0.3) is 5.56 Å². The van der Waals surface area contributed by atoms with Crippen LogP contribution in [-0.2, 0) is 22.8 Å². The summed E-state index contributed by atoms with van der Waals surface area (Å²) in [4.78, 5) is 12.2. The van der Waals surface area contributed by atoms with Gasteiger partial charge in [-0.2, -0.15) is 5.10 Å². The Hall–Kier alpha value is -1.74. The van der Waals surface area contributed by atoms with E-state index in [2.05, 4.69) is 45.8 Å². The Bertz CT molecular complexity index is 966. The number of aromatic nitrogens is 3. The van der Waals surface area contributed by atoms with E-state index in [1.54, 1.807) is 6.20 Å². The molecule has 28 heavy (non-hydrogen) atoms. The van der Waals surface area contributed by atoms with Gasteiger partial charge in [-0.1, -0.05) is 65.9 Å². The van der Waals surface area contributed by atoms with Gasteiger partial charge in [-0.15, -0.1) is 0 Å². The van der Waals surface area contributed by atoms with Crippen molar-refractivity contribution in [3.05, 3.63) is 64.2 Å². The minimum atomic E-state index is -1.18. The van der Waals surface area contributed by atoms with Gasteiger partial charge in [0.15, 0.2) is 5.01 Å². The molecule has 1 atom stereocenters. The van der Waals surface area contributed by atoms with Crippen molar-refractivity contribution in [3.8, 4) is 0 Å². The van der Waals surface area contributed by atoms with Crippen LogP contribution in [0.1, 0.15) is 16.3 Å². The average molecular weight is 464 g/mol. The summed E-state index contributed by atoms with van der Waals surface area (Å²) in [7, 11) is -1.18. The molecule has 0 aliphatic rings. The summed E-state index contributed by atoms with van der Waals surface area (Å²) in [6, 6.07) is 12.9. The zero-order valence-corrected chi connectivity index (χ0v) is 19.0. The molecule has 0 spiro atoms. The fourth-order valence-electron chi connectivity index (χ4n) is 2.83. The number of nitrogens with one attached hydrogen (secondary N) is 1. The summed E-state index contributed by atoms with van der Waals surface area (Å²) in [5, 5.41) is 6.68. The monoisotopic (exact) mass is 463 g/mol. The zero-order valence-electron chi connectivity index (χ0n) is 16.4. The fraction of sp³-hybridized carbons (Fsp3) is 0.400. The molecule has 0 amide bonds. The lowest BCUT2D eigenvalue weighted by atomic mass is 10.2. The Labute approximate surface area is 174 Å². The summed E-state index contributed by atoms with van der Waals surface area (Å²) >= 11 is 3.63. The number of ether oxygens (including phenoxy) is 2. The molecule has 6 nitrogen and oxygen atoms in total. The standard InChI is InChI=1S/C20H26BrN3O3Si/c1-28(2,3)10-9-27-19(21)17-11-16-18(12-22-23-20(16)25)24(17)14-26-13-15-7-5-4-6-8-15/h4-8,11-12,19H,9-10,13-14H2,1-3H3,(H,23,25). The van der Waals surface area contributed by atoms with E-state index in [1.165, 1.54) is 0 Å². The van der Waals surface area contributed by atoms with Crippen molar-refractivity contribution in [2.75, 3.05) is 6.61 Å². The summed E-state index contributed by atoms with van der Waals surface area (Å²) in [6.45, 7) is 8.42. The van der Waals surface area contributed by atoms with Crippen LogP contribution in [0.5, 0.6) is 0 Å². The zero-order chi connectivity index (χ0) is 20.1. The van der Waals surface area contributed by atoms with Crippen LogP contribution in [-0.4, -0.2) is 29.4 Å². The van der Waals surface area contributed by atoms with Crippen molar-refractivity contribution in [3.63, 3.8) is 0 Å². The first-order valence-electron chi connectivity index (χ1n) is 9.29. The molecule has 0 saturated heterocycles. The number of aromatic amines is 1. The van der Waals surface area contributed by atoms with E-state index < -0.39 is 8.07 Å². The fourth-order valence-corrected chi connectivity index (χ4v) is 4.13. The third kappa shape index (κ3) is 5.41. The Morgan fingerprint density at radius 3 is 2.71 bits per heavy atom. The van der Waals surface area contributed by atoms with Gasteiger partial charge in [-0.3, -0.25) is 4.79 Å². The molecule has 150 valence electrons. The van der Waals surface area contributed by atoms with Gasteiger partial charge >= 0.3 is 0 Å². The maximum Gasteiger partial charge on any atom is 0.273 e. The highest BCUT2D eigenvalue weighted by Crippen LogP contribution is 2.29. The molecule has 2 heterocycles. The summed E-state index contributed by atoms with van der Waals surface area (Å²) in [5.74, 6) is 0. The average Bonchev–Trinajstić information content (AvgIpc) is 3.02. The van der Waals surface area contributed by atoms with Crippen molar-refractivity contribution >= 4 is 34.9 Å². The third-order valence-corrected chi connectivity index (χ3v) is 6.89. The van der Waals surface area contributed by atoms with E-state index in [9.17, 15) is 4.79 Å². The molecular weight excluding hydrogens is 438 g/mol. The van der Waals surface area contributed by atoms with E-state index in [-0.39, 0.29) is 10.6 Å². The van der Waals surface area contributed by atoms with E-state index in [0.717, 1.165) is 22.8 Å². The van der Waals surface area contributed by atoms with Crippen LogP contribution >= 0.6 is 15.9 Å². The highest BCUT2D eigenvalue weighted by Gasteiger charge is 2.20. The van der Waals surface area contributed by atoms with E-state index >= 15 is 0 Å². The van der Waals surface area contributed by atoms with Crippen LogP contribution in [0.25, 0.3) is 10.9 Å². The van der Waals surface area contributed by atoms with Crippen LogP contribution in [0.15, 0.2) is 47.4 Å². The first kappa shape index (κ1) is 21.0. The van der Waals surface area contributed by atoms with Crippen molar-refractivity contribution in [1.82, 2.24) is 14.8 Å². The molecule has 2 aromatic heterocycles. The smallest absolute Gasteiger partial charge is 0.273 e. The predicted molar refractivity (Wildman–Crippen MR) is 117 cm³/mol. The maximum absolute atomic E-state index is 12.2. The number of rotatable bonds is 9. The van der Waals surface area contributed by atoms with Gasteiger partial charge in [-0.25, -0.2) is 5.10 Å². The highest BCUT2D eigenvalue weighted by atomic mass is 79.9. The number of halogens is 1. The largest absolute Gasteiger partial charge is 0.361 e. The lowest BCUT2D eigenvalue weighted by Crippen LogP contribution is -2.22. The van der Waals surface area contributed by atoms with Crippen molar-refractivity contribution in [2.24, 2.45) is 0 Å². The second-order valence-electron chi connectivity index (χ2n) is 7.96. The number of nitrogens with zero attached hydrogens (tertiary/aromatic N) is 2. The van der Waals surface area contributed by atoms with E-state index in [4.69, 9.17) is 9.47 Å². The number of hydrogen-bond acceptors (Lipinski definition) is 4. The molecular formula is C20H26BrN3O3Si. The highest BCUT2D eigenvalue weighted by molar-refractivity contribution is 9.09. The van der Waals surface area contributed by atoms with E-state index in [1.807, 2.05) is 41.0 Å². The predicted octanol–water partition coefficient (Wildman–Crippen LogP) is 4.65. The van der Waals surface area contributed by atoms with Gasteiger partial charge < -0.3 is 14.0 Å². The number of benzene rings is 1. The van der Waals surface area contributed by atoms with Crippen molar-refractivity contribution in [2.45, 2.75) is 44.0 Å². The normalized spacial score (nSPS) is 13.1. The molecule has 1 aromatic carbocycles. The second kappa shape index (κ2) is 9.17. The number of hydrogen-bond donors (Lipinski definition) is 1. The summed E-state index contributed by atoms with van der Waals surface area (Å²) < 4.78 is 13.9. The van der Waals surface area contributed by atoms with Gasteiger partial charge in [0.2, 0.25) is 0 Å². The van der Waals surface area contributed by atoms with Crippen LogP contribution < -0.4 is 5.56 Å². The molecule has 3 aromatic rings. The van der Waals surface area contributed by atoms with Gasteiger partial charge in [0.1, 0.15) is 6.73 Å². The number of alkyl halides is 1. The Kier molecular flexibility index (Phi) is 6.87. The van der Waals surface area contributed by atoms with Gasteiger partial charge in [0, 0.05) is 14.7 Å². The number of fused-ring (bicyclic) bond motifs is 1. The molecule has 0 fully saturated rings. The first-order chi connectivity index (χ1) is 13.3. The lowest BCUT2D eigenvalue weighted by Gasteiger charge is -2.19. The molecule has 1 N–H and O–H groups in total. The lowest BCUT2D eigenvalue weighted by molar-refractivity contribution is 0.0578. The molecule has 8 heteroatoms. The molecule has 3 rings (SSSR count). The van der Waals surface area contributed by atoms with Crippen molar-refractivity contribution < 1.29 is 9.47 Å². The molecule has 0 bridgehead atoms. The third-order valence-electron chi connectivity index (χ3n) is 4.45. The Morgan fingerprint density at radius 1 is 1.25 bits per heavy atom. The molecule has 0 saturated carbocycles. The van der Waals surface area contributed by atoms with Crippen LogP contribution in [0.2, 0.25) is 25.7 Å². The van der Waals surface area contributed by atoms with Crippen LogP contribution in [0.4, 0.5) is 0 Å². The van der Waals surface area contributed by atoms with Crippen molar-refractivity contribution in [1.29, 1.82) is 0 Å². The van der Waals surface area contributed by atoms with Gasteiger partial charge in [-0.05, 0) is 17.7 Å². The minimum absolute atomic E-state index is 0.220. The second-order valence-corrected chi connectivity index (χ2v) is 14.4. The topological polar surface area (TPSA) is 69.1 Å². The minimum Gasteiger partial charge on any atom is -0.361 e. The Morgan fingerprint density at radius 2 is 2.00 bits per heavy atom. The Balaban J connectivity index is 1.79. The molecule has 1 unspecified atom stereocenters. The summed E-state index contributed by atoms with van der Waals surface area (Å²) in [5.41, 5.74) is 2.45. The first-order valence-corrected chi connectivity index (χ1v) is 13.9. The molecule has 0 radical (unpaired) electrons. The van der Waals surface area contributed by atoms with E-state index in [0.29, 0.717) is 25.3 Å². The molecule has 0 aliphatic carbocycles. The maximum atomic E-state index is 12.2. The molecule has 0 aliphatic heterocycles.